The van der Waals surface area contributed by atoms with Gasteiger partial charge in [0, 0.05) is 10.2 Å². The van der Waals surface area contributed by atoms with E-state index >= 15 is 0 Å². The Morgan fingerprint density at radius 3 is 2.59 bits per heavy atom. The molecular formula is C30H27BrN2O3S. The van der Waals surface area contributed by atoms with Gasteiger partial charge < -0.3 is 20.1 Å². The molecule has 0 aromatic heterocycles. The lowest BCUT2D eigenvalue weighted by Gasteiger charge is -2.14. The molecule has 37 heavy (non-hydrogen) atoms. The highest BCUT2D eigenvalue weighted by Crippen LogP contribution is 2.38. The van der Waals surface area contributed by atoms with Crippen LogP contribution in [-0.4, -0.2) is 18.5 Å². The Morgan fingerprint density at radius 2 is 1.81 bits per heavy atom. The number of rotatable bonds is 8. The van der Waals surface area contributed by atoms with Gasteiger partial charge in [0.2, 0.25) is 0 Å². The Morgan fingerprint density at radius 1 is 1.03 bits per heavy atom. The van der Waals surface area contributed by atoms with E-state index in [9.17, 15) is 4.79 Å². The number of amides is 1. The van der Waals surface area contributed by atoms with Crippen LogP contribution in [-0.2, 0) is 17.8 Å². The molecule has 1 aliphatic heterocycles. The van der Waals surface area contributed by atoms with Gasteiger partial charge in [-0.3, -0.25) is 4.79 Å². The van der Waals surface area contributed by atoms with Crippen LogP contribution in [0, 0.1) is 0 Å². The molecule has 0 aliphatic carbocycles. The highest BCUT2D eigenvalue weighted by Gasteiger charge is 2.27. The highest BCUT2D eigenvalue weighted by atomic mass is 79.9. The molecule has 7 heteroatoms. The molecule has 0 unspecified atom stereocenters. The maximum absolute atomic E-state index is 12.7. The zero-order chi connectivity index (χ0) is 25.8. The van der Waals surface area contributed by atoms with Gasteiger partial charge in [-0.05, 0) is 64.2 Å². The van der Waals surface area contributed by atoms with Crippen LogP contribution in [0.1, 0.15) is 23.6 Å². The third-order valence-electron chi connectivity index (χ3n) is 6.22. The summed E-state index contributed by atoms with van der Waals surface area (Å²) < 4.78 is 12.6. The molecule has 4 aromatic carbocycles. The standard InChI is InChI=1S/C30H27BrN2O3S/c1-3-19-11-13-23(14-12-19)32-30-33-29(34)28(37-30)16-22-15-26(35-2)27(17-25(22)31)36-18-21-9-6-8-20-7-4-5-10-24(20)21/h4-17,30,32H,3,18H2,1-2H3,(H,33,34)/b28-16-/t30-/m1/s1. The summed E-state index contributed by atoms with van der Waals surface area (Å²) in [6, 6.07) is 26.5. The molecule has 1 fully saturated rings. The topological polar surface area (TPSA) is 59.6 Å². The maximum atomic E-state index is 12.7. The Hall–Kier alpha value is -3.42. The molecule has 1 atom stereocenters. The molecule has 188 valence electrons. The van der Waals surface area contributed by atoms with Gasteiger partial charge in [0.05, 0.1) is 12.0 Å². The fourth-order valence-corrected chi connectivity index (χ4v) is 5.61. The predicted octanol–water partition coefficient (Wildman–Crippen LogP) is 7.35. The van der Waals surface area contributed by atoms with E-state index in [1.807, 2.05) is 48.5 Å². The maximum Gasteiger partial charge on any atom is 0.260 e. The number of anilines is 1. The number of nitrogens with one attached hydrogen (secondary N) is 2. The molecule has 2 N–H and O–H groups in total. The Bertz CT molecular complexity index is 1460. The summed E-state index contributed by atoms with van der Waals surface area (Å²) in [5, 5.41) is 8.69. The molecule has 0 radical (unpaired) electrons. The van der Waals surface area contributed by atoms with Gasteiger partial charge in [-0.25, -0.2) is 0 Å². The first-order chi connectivity index (χ1) is 18.0. The van der Waals surface area contributed by atoms with Gasteiger partial charge in [0.25, 0.3) is 5.91 Å². The van der Waals surface area contributed by atoms with Gasteiger partial charge in [0.15, 0.2) is 17.0 Å². The van der Waals surface area contributed by atoms with Crippen molar-refractivity contribution in [1.29, 1.82) is 0 Å². The van der Waals surface area contributed by atoms with Crippen molar-refractivity contribution >= 4 is 56.1 Å². The van der Waals surface area contributed by atoms with Crippen molar-refractivity contribution in [1.82, 2.24) is 5.32 Å². The minimum Gasteiger partial charge on any atom is -0.493 e. The summed E-state index contributed by atoms with van der Waals surface area (Å²) in [6.45, 7) is 2.54. The molecule has 1 aliphatic rings. The van der Waals surface area contributed by atoms with Gasteiger partial charge >= 0.3 is 0 Å². The van der Waals surface area contributed by atoms with Crippen LogP contribution in [0.25, 0.3) is 16.8 Å². The molecule has 0 spiro atoms. The number of methoxy groups -OCH3 is 1. The van der Waals surface area contributed by atoms with E-state index in [2.05, 4.69) is 69.9 Å². The number of hydrogen-bond donors (Lipinski definition) is 2. The average Bonchev–Trinajstić information content (AvgIpc) is 3.27. The fraction of sp³-hybridized carbons (Fsp3) is 0.167. The highest BCUT2D eigenvalue weighted by molar-refractivity contribution is 9.10. The molecular weight excluding hydrogens is 548 g/mol. The van der Waals surface area contributed by atoms with Crippen LogP contribution < -0.4 is 20.1 Å². The van der Waals surface area contributed by atoms with E-state index in [0.29, 0.717) is 23.0 Å². The lowest BCUT2D eigenvalue weighted by molar-refractivity contribution is -0.116. The number of fused-ring (bicyclic) bond motifs is 1. The van der Waals surface area contributed by atoms with E-state index in [-0.39, 0.29) is 11.4 Å². The van der Waals surface area contributed by atoms with Crippen LogP contribution in [0.2, 0.25) is 0 Å². The molecule has 1 heterocycles. The molecule has 5 nitrogen and oxygen atoms in total. The number of benzene rings is 4. The number of hydrogen-bond acceptors (Lipinski definition) is 5. The molecule has 4 aromatic rings. The van der Waals surface area contributed by atoms with Crippen molar-refractivity contribution in [2.45, 2.75) is 25.4 Å². The van der Waals surface area contributed by atoms with Crippen molar-refractivity contribution in [2.75, 3.05) is 12.4 Å². The molecule has 1 saturated heterocycles. The van der Waals surface area contributed by atoms with Crippen LogP contribution >= 0.6 is 27.7 Å². The van der Waals surface area contributed by atoms with Gasteiger partial charge in [0.1, 0.15) is 6.61 Å². The average molecular weight is 576 g/mol. The predicted molar refractivity (Wildman–Crippen MR) is 156 cm³/mol. The van der Waals surface area contributed by atoms with Crippen molar-refractivity contribution in [2.24, 2.45) is 0 Å². The quantitative estimate of drug-likeness (QED) is 0.215. The first-order valence-electron chi connectivity index (χ1n) is 12.1. The minimum absolute atomic E-state index is 0.116. The number of carbonyl (C=O) groups is 1. The number of ether oxygens (including phenoxy) is 2. The summed E-state index contributed by atoms with van der Waals surface area (Å²) >= 11 is 5.10. The minimum atomic E-state index is -0.241. The second-order valence-electron chi connectivity index (χ2n) is 8.63. The molecule has 1 amide bonds. The first kappa shape index (κ1) is 25.2. The van der Waals surface area contributed by atoms with Crippen molar-refractivity contribution in [3.05, 3.63) is 105 Å². The number of carbonyl (C=O) groups excluding carboxylic acids is 1. The Balaban J connectivity index is 1.31. The van der Waals surface area contributed by atoms with E-state index < -0.39 is 0 Å². The van der Waals surface area contributed by atoms with Crippen LogP contribution in [0.5, 0.6) is 11.5 Å². The number of aryl methyl sites for hydroxylation is 1. The summed E-state index contributed by atoms with van der Waals surface area (Å²) in [5.74, 6) is 1.11. The number of halogens is 1. The molecule has 5 rings (SSSR count). The lowest BCUT2D eigenvalue weighted by Crippen LogP contribution is -2.30. The van der Waals surface area contributed by atoms with E-state index in [0.717, 1.165) is 33.1 Å². The zero-order valence-electron chi connectivity index (χ0n) is 20.6. The lowest BCUT2D eigenvalue weighted by atomic mass is 10.1. The van der Waals surface area contributed by atoms with Gasteiger partial charge in [-0.1, -0.05) is 89.2 Å². The summed E-state index contributed by atoms with van der Waals surface area (Å²) in [4.78, 5) is 13.3. The van der Waals surface area contributed by atoms with Crippen molar-refractivity contribution in [3.8, 4) is 11.5 Å². The van der Waals surface area contributed by atoms with E-state index in [1.165, 1.54) is 22.7 Å². The SMILES string of the molecule is CCc1ccc(N[C@@H]2NC(=O)/C(=C/c3cc(OC)c(OCc4cccc5ccccc45)cc3Br)S2)cc1. The second kappa shape index (κ2) is 11.3. The Kier molecular flexibility index (Phi) is 7.72. The van der Waals surface area contributed by atoms with Gasteiger partial charge in [-0.15, -0.1) is 0 Å². The summed E-state index contributed by atoms with van der Waals surface area (Å²) in [7, 11) is 1.62. The van der Waals surface area contributed by atoms with Crippen LogP contribution in [0.4, 0.5) is 5.69 Å². The van der Waals surface area contributed by atoms with Crippen molar-refractivity contribution in [3.63, 3.8) is 0 Å². The third kappa shape index (κ3) is 5.78. The largest absolute Gasteiger partial charge is 0.493 e. The second-order valence-corrected chi connectivity index (χ2v) is 10.6. The van der Waals surface area contributed by atoms with Crippen molar-refractivity contribution < 1.29 is 14.3 Å². The monoisotopic (exact) mass is 574 g/mol. The van der Waals surface area contributed by atoms with E-state index in [4.69, 9.17) is 9.47 Å². The fourth-order valence-electron chi connectivity index (χ4n) is 4.20. The van der Waals surface area contributed by atoms with Crippen LogP contribution in [0.15, 0.2) is 88.2 Å². The smallest absolute Gasteiger partial charge is 0.260 e. The van der Waals surface area contributed by atoms with Gasteiger partial charge in [-0.2, -0.15) is 0 Å². The normalized spacial score (nSPS) is 16.1. The summed E-state index contributed by atoms with van der Waals surface area (Å²) in [5.41, 5.74) is 3.93. The number of thioether (sulfide) groups is 1. The summed E-state index contributed by atoms with van der Waals surface area (Å²) in [6.07, 6.45) is 2.86. The third-order valence-corrected chi connectivity index (χ3v) is 7.94. The zero-order valence-corrected chi connectivity index (χ0v) is 23.0. The molecule has 0 saturated carbocycles. The Labute approximate surface area is 229 Å². The van der Waals surface area contributed by atoms with E-state index in [1.54, 1.807) is 7.11 Å². The van der Waals surface area contributed by atoms with Crippen LogP contribution in [0.3, 0.4) is 0 Å². The molecule has 0 bridgehead atoms. The first-order valence-corrected chi connectivity index (χ1v) is 13.7.